The van der Waals surface area contributed by atoms with Gasteiger partial charge in [0.25, 0.3) is 0 Å². The summed E-state index contributed by atoms with van der Waals surface area (Å²) >= 11 is 0. The Hall–Kier alpha value is -0.290. The van der Waals surface area contributed by atoms with Crippen molar-refractivity contribution in [2.24, 2.45) is 0 Å². The molecule has 0 aromatic rings. The zero-order valence-electron chi connectivity index (χ0n) is 11.0. The lowest BCUT2D eigenvalue weighted by molar-refractivity contribution is -0.152. The third kappa shape index (κ3) is 4.43. The molecule has 0 aromatic carbocycles. The number of hydrogen-bond acceptors (Lipinski definition) is 2. The fourth-order valence-corrected chi connectivity index (χ4v) is 2.93. The third-order valence-corrected chi connectivity index (χ3v) is 3.98. The topological polar surface area (TPSA) is 15.3 Å². The highest BCUT2D eigenvalue weighted by Gasteiger charge is 2.40. The van der Waals surface area contributed by atoms with Crippen molar-refractivity contribution in [3.8, 4) is 0 Å². The van der Waals surface area contributed by atoms with Crippen LogP contribution in [-0.2, 0) is 0 Å². The average molecular weight is 264 g/mol. The normalized spacial score (nSPS) is 27.5. The van der Waals surface area contributed by atoms with E-state index in [9.17, 15) is 13.2 Å². The van der Waals surface area contributed by atoms with Crippen LogP contribution in [0.25, 0.3) is 0 Å². The molecule has 1 N–H and O–H groups in total. The number of nitrogens with one attached hydrogen (secondary N) is 1. The van der Waals surface area contributed by atoms with Gasteiger partial charge in [-0.05, 0) is 45.6 Å². The predicted molar refractivity (Wildman–Crippen MR) is 65.5 cm³/mol. The van der Waals surface area contributed by atoms with Crippen LogP contribution in [0.4, 0.5) is 13.2 Å². The molecule has 0 aromatic heterocycles. The maximum absolute atomic E-state index is 12.6. The SMILES string of the molecule is CC(CC1CCCCN1)N(CC(F)(F)F)C1CC1. The summed E-state index contributed by atoms with van der Waals surface area (Å²) in [4.78, 5) is 1.66. The van der Waals surface area contributed by atoms with Gasteiger partial charge >= 0.3 is 6.18 Å². The number of nitrogens with zero attached hydrogens (tertiary/aromatic N) is 1. The Morgan fingerprint density at radius 1 is 1.22 bits per heavy atom. The lowest BCUT2D eigenvalue weighted by atomic mass is 9.98. The summed E-state index contributed by atoms with van der Waals surface area (Å²) in [5.41, 5.74) is 0. The highest BCUT2D eigenvalue weighted by atomic mass is 19.4. The maximum atomic E-state index is 12.6. The molecule has 18 heavy (non-hydrogen) atoms. The van der Waals surface area contributed by atoms with Crippen LogP contribution < -0.4 is 5.32 Å². The lowest BCUT2D eigenvalue weighted by Crippen LogP contribution is -2.46. The summed E-state index contributed by atoms with van der Waals surface area (Å²) in [5.74, 6) is 0. The predicted octanol–water partition coefficient (Wildman–Crippen LogP) is 2.93. The number of piperidine rings is 1. The summed E-state index contributed by atoms with van der Waals surface area (Å²) < 4.78 is 37.7. The monoisotopic (exact) mass is 264 g/mol. The van der Waals surface area contributed by atoms with Gasteiger partial charge in [-0.25, -0.2) is 0 Å². The highest BCUT2D eigenvalue weighted by molar-refractivity contribution is 4.90. The van der Waals surface area contributed by atoms with Crippen LogP contribution in [0.1, 0.15) is 45.4 Å². The van der Waals surface area contributed by atoms with Crippen molar-refractivity contribution in [1.29, 1.82) is 0 Å². The van der Waals surface area contributed by atoms with Crippen LogP contribution in [0.3, 0.4) is 0 Å². The Kier molecular flexibility index (Phi) is 4.54. The van der Waals surface area contributed by atoms with Gasteiger partial charge < -0.3 is 5.32 Å². The van der Waals surface area contributed by atoms with Crippen LogP contribution >= 0.6 is 0 Å². The molecule has 2 nitrogen and oxygen atoms in total. The van der Waals surface area contributed by atoms with Gasteiger partial charge in [0.2, 0.25) is 0 Å². The quantitative estimate of drug-likeness (QED) is 0.821. The molecule has 0 amide bonds. The second-order valence-electron chi connectivity index (χ2n) is 5.75. The molecule has 1 saturated carbocycles. The molecule has 1 saturated heterocycles. The molecular weight excluding hydrogens is 241 g/mol. The molecule has 0 radical (unpaired) electrons. The van der Waals surface area contributed by atoms with Crippen LogP contribution in [0.15, 0.2) is 0 Å². The number of halogens is 3. The molecule has 5 heteroatoms. The second kappa shape index (κ2) is 5.78. The van der Waals surface area contributed by atoms with E-state index in [-0.39, 0.29) is 12.1 Å². The van der Waals surface area contributed by atoms with E-state index in [4.69, 9.17) is 0 Å². The van der Waals surface area contributed by atoms with Crippen molar-refractivity contribution in [3.05, 3.63) is 0 Å². The molecule has 1 heterocycles. The fourth-order valence-electron chi connectivity index (χ4n) is 2.93. The molecule has 0 bridgehead atoms. The summed E-state index contributed by atoms with van der Waals surface area (Å²) in [5, 5.41) is 3.42. The second-order valence-corrected chi connectivity index (χ2v) is 5.75. The van der Waals surface area contributed by atoms with E-state index in [0.717, 1.165) is 32.2 Å². The van der Waals surface area contributed by atoms with E-state index in [1.165, 1.54) is 12.8 Å². The van der Waals surface area contributed by atoms with Crippen molar-refractivity contribution in [1.82, 2.24) is 10.2 Å². The Balaban J connectivity index is 1.84. The minimum absolute atomic E-state index is 0.0229. The van der Waals surface area contributed by atoms with E-state index in [0.29, 0.717) is 6.04 Å². The van der Waals surface area contributed by atoms with E-state index >= 15 is 0 Å². The zero-order chi connectivity index (χ0) is 13.2. The van der Waals surface area contributed by atoms with Crippen LogP contribution in [0, 0.1) is 0 Å². The summed E-state index contributed by atoms with van der Waals surface area (Å²) in [6.45, 7) is 2.21. The Morgan fingerprint density at radius 2 is 1.94 bits per heavy atom. The first-order valence-electron chi connectivity index (χ1n) is 7.01. The molecule has 2 aliphatic rings. The van der Waals surface area contributed by atoms with Crippen LogP contribution in [-0.4, -0.2) is 42.3 Å². The minimum Gasteiger partial charge on any atom is -0.314 e. The van der Waals surface area contributed by atoms with Crippen molar-refractivity contribution >= 4 is 0 Å². The Morgan fingerprint density at radius 3 is 2.44 bits per heavy atom. The van der Waals surface area contributed by atoms with Crippen LogP contribution in [0.2, 0.25) is 0 Å². The minimum atomic E-state index is -4.07. The first-order valence-corrected chi connectivity index (χ1v) is 7.01. The first kappa shape index (κ1) is 14.1. The van der Waals surface area contributed by atoms with E-state index in [2.05, 4.69) is 5.32 Å². The fraction of sp³-hybridized carbons (Fsp3) is 1.00. The molecule has 2 fully saturated rings. The standard InChI is InChI=1S/C13H23F3N2/c1-10(8-11-4-2-3-7-17-11)18(12-5-6-12)9-13(14,15)16/h10-12,17H,2-9H2,1H3. The molecular formula is C13H23F3N2. The number of rotatable bonds is 5. The molecule has 1 aliphatic heterocycles. The molecule has 2 rings (SSSR count). The van der Waals surface area contributed by atoms with Crippen molar-refractivity contribution in [2.75, 3.05) is 13.1 Å². The number of hydrogen-bond donors (Lipinski definition) is 1. The first-order chi connectivity index (χ1) is 8.46. The van der Waals surface area contributed by atoms with Crippen LogP contribution in [0.5, 0.6) is 0 Å². The van der Waals surface area contributed by atoms with Crippen molar-refractivity contribution < 1.29 is 13.2 Å². The van der Waals surface area contributed by atoms with E-state index in [1.54, 1.807) is 4.90 Å². The lowest BCUT2D eigenvalue weighted by Gasteiger charge is -2.34. The highest BCUT2D eigenvalue weighted by Crippen LogP contribution is 2.33. The zero-order valence-corrected chi connectivity index (χ0v) is 11.0. The molecule has 106 valence electrons. The van der Waals surface area contributed by atoms with Gasteiger partial charge in [-0.15, -0.1) is 0 Å². The third-order valence-electron chi connectivity index (χ3n) is 3.98. The Labute approximate surface area is 107 Å². The van der Waals surface area contributed by atoms with Gasteiger partial charge in [-0.3, -0.25) is 4.90 Å². The smallest absolute Gasteiger partial charge is 0.314 e. The van der Waals surface area contributed by atoms with Gasteiger partial charge in [0, 0.05) is 18.1 Å². The van der Waals surface area contributed by atoms with Gasteiger partial charge in [0.15, 0.2) is 0 Å². The van der Waals surface area contributed by atoms with Crippen molar-refractivity contribution in [3.63, 3.8) is 0 Å². The summed E-state index contributed by atoms with van der Waals surface area (Å²) in [6.07, 6.45) is 2.13. The molecule has 1 aliphatic carbocycles. The molecule has 2 unspecified atom stereocenters. The van der Waals surface area contributed by atoms with Crippen molar-refractivity contribution in [2.45, 2.75) is 69.8 Å². The molecule has 0 spiro atoms. The summed E-state index contributed by atoms with van der Waals surface area (Å²) in [7, 11) is 0. The summed E-state index contributed by atoms with van der Waals surface area (Å²) in [6, 6.07) is 0.600. The largest absolute Gasteiger partial charge is 0.401 e. The number of alkyl halides is 3. The van der Waals surface area contributed by atoms with E-state index < -0.39 is 12.7 Å². The van der Waals surface area contributed by atoms with Gasteiger partial charge in [-0.1, -0.05) is 6.42 Å². The van der Waals surface area contributed by atoms with E-state index in [1.807, 2.05) is 6.92 Å². The Bertz CT molecular complexity index is 257. The van der Waals surface area contributed by atoms with Gasteiger partial charge in [-0.2, -0.15) is 13.2 Å². The average Bonchev–Trinajstić information content (AvgIpc) is 3.10. The maximum Gasteiger partial charge on any atom is 0.401 e. The van der Waals surface area contributed by atoms with Gasteiger partial charge in [0.05, 0.1) is 6.54 Å². The molecule has 2 atom stereocenters. The van der Waals surface area contributed by atoms with Gasteiger partial charge in [0.1, 0.15) is 0 Å².